The summed E-state index contributed by atoms with van der Waals surface area (Å²) in [6, 6.07) is 7.64. The van der Waals surface area contributed by atoms with Gasteiger partial charge in [0.1, 0.15) is 0 Å². The van der Waals surface area contributed by atoms with Crippen LogP contribution in [0.4, 0.5) is 0 Å². The van der Waals surface area contributed by atoms with E-state index in [-0.39, 0.29) is 42.5 Å². The Balaban J connectivity index is 0.00000280. The average Bonchev–Trinajstić information content (AvgIpc) is 3.03. The maximum absolute atomic E-state index is 12.7. The molecule has 28 heavy (non-hydrogen) atoms. The van der Waals surface area contributed by atoms with Gasteiger partial charge in [-0.05, 0) is 50.3 Å². The van der Waals surface area contributed by atoms with E-state index in [0.29, 0.717) is 37.5 Å². The van der Waals surface area contributed by atoms with Gasteiger partial charge in [-0.15, -0.1) is 12.4 Å². The van der Waals surface area contributed by atoms with Crippen molar-refractivity contribution >= 4 is 24.2 Å². The van der Waals surface area contributed by atoms with E-state index in [1.807, 2.05) is 43.0 Å². The quantitative estimate of drug-likeness (QED) is 0.782. The van der Waals surface area contributed by atoms with Crippen molar-refractivity contribution in [3.8, 4) is 0 Å². The number of benzene rings is 1. The smallest absolute Gasteiger partial charge is 0.254 e. The highest BCUT2D eigenvalue weighted by molar-refractivity contribution is 5.94. The minimum absolute atomic E-state index is 0. The highest BCUT2D eigenvalue weighted by Crippen LogP contribution is 2.26. The summed E-state index contributed by atoms with van der Waals surface area (Å²) >= 11 is 0. The Hall–Kier alpha value is -1.63. The van der Waals surface area contributed by atoms with Crippen LogP contribution in [0, 0.1) is 5.92 Å². The summed E-state index contributed by atoms with van der Waals surface area (Å²) in [5.41, 5.74) is 7.69. The Morgan fingerprint density at radius 3 is 2.36 bits per heavy atom. The minimum atomic E-state index is 0. The topological polar surface area (TPSA) is 84.7 Å². The zero-order valence-electron chi connectivity index (χ0n) is 16.7. The molecule has 7 heteroatoms. The third-order valence-electron chi connectivity index (χ3n) is 5.56. The van der Waals surface area contributed by atoms with E-state index in [4.69, 9.17) is 10.5 Å². The molecule has 1 heterocycles. The van der Waals surface area contributed by atoms with Gasteiger partial charge in [0.15, 0.2) is 0 Å². The van der Waals surface area contributed by atoms with Gasteiger partial charge in [-0.2, -0.15) is 0 Å². The van der Waals surface area contributed by atoms with Crippen LogP contribution in [0.5, 0.6) is 0 Å². The Labute approximate surface area is 173 Å². The number of rotatable bonds is 5. The van der Waals surface area contributed by atoms with Gasteiger partial charge in [0.25, 0.3) is 5.91 Å². The summed E-state index contributed by atoms with van der Waals surface area (Å²) in [7, 11) is 0. The predicted octanol–water partition coefficient (Wildman–Crippen LogP) is 2.49. The number of hydrogen-bond acceptors (Lipinski definition) is 4. The molecule has 3 rings (SSSR count). The number of halogens is 1. The largest absolute Gasteiger partial charge is 0.372 e. The normalized spacial score (nSPS) is 27.2. The lowest BCUT2D eigenvalue weighted by atomic mass is 10.00. The number of amides is 2. The number of ether oxygens (including phenoxy) is 1. The highest BCUT2D eigenvalue weighted by atomic mass is 35.5. The van der Waals surface area contributed by atoms with Gasteiger partial charge in [0.2, 0.25) is 5.91 Å². The maximum atomic E-state index is 12.7. The Kier molecular flexibility index (Phi) is 8.28. The maximum Gasteiger partial charge on any atom is 0.254 e. The van der Waals surface area contributed by atoms with E-state index in [1.54, 1.807) is 0 Å². The van der Waals surface area contributed by atoms with Crippen LogP contribution < -0.4 is 11.1 Å². The fourth-order valence-electron chi connectivity index (χ4n) is 4.12. The molecule has 1 saturated carbocycles. The average molecular weight is 410 g/mol. The molecule has 6 nitrogen and oxygen atoms in total. The summed E-state index contributed by atoms with van der Waals surface area (Å²) in [6.07, 6.45) is 3.80. The molecule has 3 N–H and O–H groups in total. The molecule has 1 aliphatic heterocycles. The number of nitrogens with zero attached hydrogens (tertiary/aromatic N) is 1. The zero-order chi connectivity index (χ0) is 19.4. The number of nitrogens with one attached hydrogen (secondary N) is 1. The molecular formula is C21H32ClN3O3. The number of hydrogen-bond donors (Lipinski definition) is 2. The third kappa shape index (κ3) is 5.93. The molecule has 2 unspecified atom stereocenters. The minimum Gasteiger partial charge on any atom is -0.372 e. The van der Waals surface area contributed by atoms with Crippen molar-refractivity contribution in [1.82, 2.24) is 10.2 Å². The fraction of sp³-hybridized carbons (Fsp3) is 0.619. The number of nitrogens with two attached hydrogens (primary N) is 1. The van der Waals surface area contributed by atoms with Crippen LogP contribution in [0.2, 0.25) is 0 Å². The van der Waals surface area contributed by atoms with Crippen LogP contribution in [0.1, 0.15) is 55.5 Å². The van der Waals surface area contributed by atoms with Crippen molar-refractivity contribution < 1.29 is 14.3 Å². The first-order chi connectivity index (χ1) is 12.9. The summed E-state index contributed by atoms with van der Waals surface area (Å²) in [5, 5.41) is 2.96. The zero-order valence-corrected chi connectivity index (χ0v) is 17.5. The predicted molar refractivity (Wildman–Crippen MR) is 111 cm³/mol. The van der Waals surface area contributed by atoms with Crippen LogP contribution >= 0.6 is 12.4 Å². The van der Waals surface area contributed by atoms with Gasteiger partial charge in [0, 0.05) is 37.7 Å². The molecule has 1 saturated heterocycles. The first-order valence-corrected chi connectivity index (χ1v) is 9.98. The number of morpholine rings is 1. The molecule has 4 atom stereocenters. The molecule has 0 spiro atoms. The first-order valence-electron chi connectivity index (χ1n) is 9.98. The lowest BCUT2D eigenvalue weighted by Crippen LogP contribution is -2.48. The molecule has 1 aromatic rings. The van der Waals surface area contributed by atoms with Crippen LogP contribution in [-0.4, -0.2) is 48.1 Å². The molecule has 1 aromatic carbocycles. The van der Waals surface area contributed by atoms with Gasteiger partial charge in [-0.3, -0.25) is 9.59 Å². The molecule has 1 aliphatic carbocycles. The van der Waals surface area contributed by atoms with Crippen molar-refractivity contribution in [2.75, 3.05) is 13.1 Å². The van der Waals surface area contributed by atoms with Crippen molar-refractivity contribution in [3.05, 3.63) is 35.4 Å². The van der Waals surface area contributed by atoms with Crippen molar-refractivity contribution in [3.63, 3.8) is 0 Å². The summed E-state index contributed by atoms with van der Waals surface area (Å²) in [6.45, 7) is 5.68. The number of carbonyl (C=O) groups excluding carboxylic acids is 2. The monoisotopic (exact) mass is 409 g/mol. The van der Waals surface area contributed by atoms with Crippen LogP contribution in [0.3, 0.4) is 0 Å². The first kappa shape index (κ1) is 22.7. The molecule has 2 aliphatic rings. The third-order valence-corrected chi connectivity index (χ3v) is 5.56. The molecule has 2 amide bonds. The van der Waals surface area contributed by atoms with Gasteiger partial charge in [0.05, 0.1) is 12.2 Å². The van der Waals surface area contributed by atoms with E-state index in [9.17, 15) is 9.59 Å². The van der Waals surface area contributed by atoms with Gasteiger partial charge in [-0.1, -0.05) is 18.6 Å². The van der Waals surface area contributed by atoms with Crippen LogP contribution in [0.15, 0.2) is 24.3 Å². The van der Waals surface area contributed by atoms with E-state index in [0.717, 1.165) is 24.8 Å². The van der Waals surface area contributed by atoms with Crippen molar-refractivity contribution in [2.24, 2.45) is 11.7 Å². The molecule has 0 bridgehead atoms. The Bertz CT molecular complexity index is 657. The van der Waals surface area contributed by atoms with Gasteiger partial charge >= 0.3 is 0 Å². The number of carbonyl (C=O) groups is 2. The van der Waals surface area contributed by atoms with E-state index in [1.165, 1.54) is 0 Å². The van der Waals surface area contributed by atoms with E-state index >= 15 is 0 Å². The lowest BCUT2D eigenvalue weighted by molar-refractivity contribution is -0.122. The van der Waals surface area contributed by atoms with E-state index < -0.39 is 0 Å². The standard InChI is InChI=1S/C21H31N3O3.ClH/c1-14-12-24(13-15(2)27-14)21(26)17-8-6-16(7-9-17)11-23-20(25)10-18-4-3-5-19(18)22;/h6-9,14-15,18-19H,3-5,10-13,22H2,1-2H3,(H,23,25);1H/t14?,15?,18-,19+;/m0./s1. The molecule has 0 aromatic heterocycles. The fourth-order valence-corrected chi connectivity index (χ4v) is 4.12. The Morgan fingerprint density at radius 1 is 1.14 bits per heavy atom. The molecule has 0 radical (unpaired) electrons. The second-order valence-corrected chi connectivity index (χ2v) is 8.00. The Morgan fingerprint density at radius 2 is 1.79 bits per heavy atom. The van der Waals surface area contributed by atoms with E-state index in [2.05, 4.69) is 5.32 Å². The van der Waals surface area contributed by atoms with Crippen molar-refractivity contribution in [2.45, 2.75) is 64.3 Å². The summed E-state index contributed by atoms with van der Waals surface area (Å²) < 4.78 is 5.69. The van der Waals surface area contributed by atoms with Gasteiger partial charge in [-0.25, -0.2) is 0 Å². The van der Waals surface area contributed by atoms with Crippen LogP contribution in [-0.2, 0) is 16.1 Å². The lowest BCUT2D eigenvalue weighted by Gasteiger charge is -2.35. The second-order valence-electron chi connectivity index (χ2n) is 8.00. The summed E-state index contributed by atoms with van der Waals surface area (Å²) in [4.78, 5) is 26.7. The van der Waals surface area contributed by atoms with Gasteiger partial charge < -0.3 is 20.7 Å². The SMILES string of the molecule is CC1CN(C(=O)c2ccc(CNC(=O)C[C@@H]3CCC[C@H]3N)cc2)CC(C)O1.Cl. The molecule has 2 fully saturated rings. The molecule has 156 valence electrons. The second kappa shape index (κ2) is 10.2. The van der Waals surface area contributed by atoms with Crippen molar-refractivity contribution in [1.29, 1.82) is 0 Å². The molecular weight excluding hydrogens is 378 g/mol. The van der Waals surface area contributed by atoms with Crippen LogP contribution in [0.25, 0.3) is 0 Å². The highest BCUT2D eigenvalue weighted by Gasteiger charge is 2.27. The summed E-state index contributed by atoms with van der Waals surface area (Å²) in [5.74, 6) is 0.389.